The van der Waals surface area contributed by atoms with Gasteiger partial charge >= 0.3 is 0 Å². The van der Waals surface area contributed by atoms with Crippen molar-refractivity contribution in [1.29, 1.82) is 0 Å². The molecule has 0 bridgehead atoms. The van der Waals surface area contributed by atoms with Crippen molar-refractivity contribution in [2.45, 2.75) is 46.1 Å². The summed E-state index contributed by atoms with van der Waals surface area (Å²) in [5.41, 5.74) is 6.99. The summed E-state index contributed by atoms with van der Waals surface area (Å²) in [5, 5.41) is 2.90. The van der Waals surface area contributed by atoms with Gasteiger partial charge in [-0.05, 0) is 32.8 Å². The Balaban J connectivity index is 2.32. The Labute approximate surface area is 121 Å². The number of anilines is 1. The van der Waals surface area contributed by atoms with Crippen molar-refractivity contribution in [3.8, 4) is 0 Å². The van der Waals surface area contributed by atoms with Gasteiger partial charge in [-0.1, -0.05) is 13.3 Å². The Bertz CT molecular complexity index is 413. The van der Waals surface area contributed by atoms with Crippen LogP contribution in [0.4, 0.5) is 5.69 Å². The number of nitrogen functional groups attached to an aromatic ring is 1. The van der Waals surface area contributed by atoms with Crippen LogP contribution < -0.4 is 11.1 Å². The second-order valence-electron chi connectivity index (χ2n) is 5.24. The minimum atomic E-state index is -0.0797. The third-order valence-corrected chi connectivity index (χ3v) is 3.05. The van der Waals surface area contributed by atoms with E-state index in [0.29, 0.717) is 24.5 Å². The van der Waals surface area contributed by atoms with Gasteiger partial charge in [0.25, 0.3) is 5.91 Å². The minimum Gasteiger partial charge on any atom is -0.397 e. The van der Waals surface area contributed by atoms with Gasteiger partial charge in [0.2, 0.25) is 0 Å². The van der Waals surface area contributed by atoms with E-state index < -0.39 is 0 Å². The van der Waals surface area contributed by atoms with Gasteiger partial charge in [0.05, 0.1) is 5.69 Å². The summed E-state index contributed by atoms with van der Waals surface area (Å²) in [7, 11) is 0. The molecule has 5 heteroatoms. The number of nitrogens with one attached hydrogen (secondary N) is 1. The predicted molar refractivity (Wildman–Crippen MR) is 81.9 cm³/mol. The summed E-state index contributed by atoms with van der Waals surface area (Å²) < 4.78 is 7.34. The first kappa shape index (κ1) is 16.6. The number of aromatic nitrogens is 1. The SMILES string of the molecule is CCCCOCCCNC(=O)c1cc(N)cn1C(C)C. The van der Waals surface area contributed by atoms with Gasteiger partial charge < -0.3 is 20.4 Å². The Morgan fingerprint density at radius 1 is 1.40 bits per heavy atom. The van der Waals surface area contributed by atoms with Crippen molar-refractivity contribution >= 4 is 11.6 Å². The molecule has 20 heavy (non-hydrogen) atoms. The van der Waals surface area contributed by atoms with Crippen LogP contribution in [-0.4, -0.2) is 30.2 Å². The van der Waals surface area contributed by atoms with E-state index in [1.54, 1.807) is 12.3 Å². The second kappa shape index (κ2) is 8.64. The molecule has 1 rings (SSSR count). The molecule has 114 valence electrons. The first-order valence-electron chi connectivity index (χ1n) is 7.39. The Hall–Kier alpha value is -1.49. The molecule has 1 amide bonds. The van der Waals surface area contributed by atoms with E-state index in [-0.39, 0.29) is 11.9 Å². The van der Waals surface area contributed by atoms with E-state index >= 15 is 0 Å². The summed E-state index contributed by atoms with van der Waals surface area (Å²) in [5.74, 6) is -0.0797. The number of ether oxygens (including phenoxy) is 1. The largest absolute Gasteiger partial charge is 0.397 e. The highest BCUT2D eigenvalue weighted by Crippen LogP contribution is 2.16. The lowest BCUT2D eigenvalue weighted by atomic mass is 10.3. The molecule has 5 nitrogen and oxygen atoms in total. The summed E-state index contributed by atoms with van der Waals surface area (Å²) >= 11 is 0. The number of unbranched alkanes of at least 4 members (excludes halogenated alkanes) is 1. The maximum Gasteiger partial charge on any atom is 0.267 e. The summed E-state index contributed by atoms with van der Waals surface area (Å²) in [4.78, 5) is 12.1. The van der Waals surface area contributed by atoms with Crippen LogP contribution in [-0.2, 0) is 4.74 Å². The van der Waals surface area contributed by atoms with Crippen LogP contribution in [0.3, 0.4) is 0 Å². The smallest absolute Gasteiger partial charge is 0.267 e. The average molecular weight is 281 g/mol. The zero-order valence-corrected chi connectivity index (χ0v) is 12.8. The molecule has 0 saturated heterocycles. The molecule has 1 aromatic heterocycles. The molecule has 0 saturated carbocycles. The molecular weight excluding hydrogens is 254 g/mol. The lowest BCUT2D eigenvalue weighted by Gasteiger charge is -2.12. The molecule has 0 unspecified atom stereocenters. The summed E-state index contributed by atoms with van der Waals surface area (Å²) in [6, 6.07) is 1.93. The fourth-order valence-corrected chi connectivity index (χ4v) is 1.93. The van der Waals surface area contributed by atoms with Gasteiger partial charge in [0.15, 0.2) is 0 Å². The topological polar surface area (TPSA) is 69.3 Å². The number of hydrogen-bond donors (Lipinski definition) is 2. The minimum absolute atomic E-state index is 0.0797. The Morgan fingerprint density at radius 3 is 2.75 bits per heavy atom. The Morgan fingerprint density at radius 2 is 2.10 bits per heavy atom. The lowest BCUT2D eigenvalue weighted by molar-refractivity contribution is 0.0930. The molecule has 0 fully saturated rings. The number of rotatable bonds is 9. The van der Waals surface area contributed by atoms with Crippen LogP contribution >= 0.6 is 0 Å². The quantitative estimate of drug-likeness (QED) is 0.684. The fourth-order valence-electron chi connectivity index (χ4n) is 1.93. The maximum atomic E-state index is 12.1. The monoisotopic (exact) mass is 281 g/mol. The molecule has 3 N–H and O–H groups in total. The molecule has 0 atom stereocenters. The van der Waals surface area contributed by atoms with Crippen molar-refractivity contribution in [2.75, 3.05) is 25.5 Å². The van der Waals surface area contributed by atoms with Gasteiger partial charge in [-0.25, -0.2) is 0 Å². The molecule has 0 aliphatic carbocycles. The van der Waals surface area contributed by atoms with Crippen LogP contribution in [0.25, 0.3) is 0 Å². The van der Waals surface area contributed by atoms with E-state index in [4.69, 9.17) is 10.5 Å². The van der Waals surface area contributed by atoms with Crippen molar-refractivity contribution in [3.05, 3.63) is 18.0 Å². The Kier molecular flexibility index (Phi) is 7.15. The van der Waals surface area contributed by atoms with E-state index in [1.807, 2.05) is 18.4 Å². The van der Waals surface area contributed by atoms with Crippen molar-refractivity contribution in [1.82, 2.24) is 9.88 Å². The van der Waals surface area contributed by atoms with E-state index in [0.717, 1.165) is 25.9 Å². The van der Waals surface area contributed by atoms with Crippen molar-refractivity contribution in [2.24, 2.45) is 0 Å². The average Bonchev–Trinajstić information content (AvgIpc) is 2.80. The van der Waals surface area contributed by atoms with Gasteiger partial charge in [-0.3, -0.25) is 4.79 Å². The lowest BCUT2D eigenvalue weighted by Crippen LogP contribution is -2.27. The molecule has 1 aromatic rings. The van der Waals surface area contributed by atoms with Crippen molar-refractivity contribution < 1.29 is 9.53 Å². The van der Waals surface area contributed by atoms with E-state index in [2.05, 4.69) is 12.2 Å². The number of carbonyl (C=O) groups is 1. The maximum absolute atomic E-state index is 12.1. The molecule has 0 radical (unpaired) electrons. The molecule has 0 spiro atoms. The second-order valence-corrected chi connectivity index (χ2v) is 5.24. The molecule has 0 aromatic carbocycles. The predicted octanol–water partition coefficient (Wildman–Crippen LogP) is 2.59. The zero-order valence-electron chi connectivity index (χ0n) is 12.8. The van der Waals surface area contributed by atoms with Crippen LogP contribution in [0.1, 0.15) is 56.6 Å². The van der Waals surface area contributed by atoms with Crippen LogP contribution in [0.2, 0.25) is 0 Å². The van der Waals surface area contributed by atoms with E-state index in [9.17, 15) is 4.79 Å². The van der Waals surface area contributed by atoms with Gasteiger partial charge in [0.1, 0.15) is 5.69 Å². The normalized spacial score (nSPS) is 11.0. The molecular formula is C15H27N3O2. The molecule has 1 heterocycles. The third kappa shape index (κ3) is 5.25. The van der Waals surface area contributed by atoms with Gasteiger partial charge in [-0.15, -0.1) is 0 Å². The highest BCUT2D eigenvalue weighted by atomic mass is 16.5. The number of nitrogens with zero attached hydrogens (tertiary/aromatic N) is 1. The van der Waals surface area contributed by atoms with Crippen LogP contribution in [0.5, 0.6) is 0 Å². The number of carbonyl (C=O) groups excluding carboxylic acids is 1. The summed E-state index contributed by atoms with van der Waals surface area (Å²) in [6.07, 6.45) is 4.86. The highest BCUT2D eigenvalue weighted by molar-refractivity contribution is 5.93. The van der Waals surface area contributed by atoms with Crippen molar-refractivity contribution in [3.63, 3.8) is 0 Å². The fraction of sp³-hybridized carbons (Fsp3) is 0.667. The van der Waals surface area contributed by atoms with Crippen LogP contribution in [0, 0.1) is 0 Å². The first-order chi connectivity index (χ1) is 9.56. The number of nitrogens with two attached hydrogens (primary N) is 1. The van der Waals surface area contributed by atoms with E-state index in [1.165, 1.54) is 0 Å². The molecule has 0 aliphatic rings. The summed E-state index contributed by atoms with van der Waals surface area (Å²) in [6.45, 7) is 8.30. The zero-order chi connectivity index (χ0) is 15.0. The first-order valence-corrected chi connectivity index (χ1v) is 7.39. The standard InChI is InChI=1S/C15H27N3O2/c1-4-5-8-20-9-6-7-17-15(19)14-10-13(16)11-18(14)12(2)3/h10-12H,4-9,16H2,1-3H3,(H,17,19). The number of amides is 1. The highest BCUT2D eigenvalue weighted by Gasteiger charge is 2.14. The van der Waals surface area contributed by atoms with Crippen LogP contribution in [0.15, 0.2) is 12.3 Å². The molecule has 0 aliphatic heterocycles. The third-order valence-electron chi connectivity index (χ3n) is 3.05. The number of hydrogen-bond acceptors (Lipinski definition) is 3. The van der Waals surface area contributed by atoms with Gasteiger partial charge in [0, 0.05) is 32.0 Å². The van der Waals surface area contributed by atoms with Gasteiger partial charge in [-0.2, -0.15) is 0 Å².